The van der Waals surface area contributed by atoms with Crippen LogP contribution in [0.2, 0.25) is 0 Å². The van der Waals surface area contributed by atoms with Gasteiger partial charge in [-0.2, -0.15) is 18.3 Å². The van der Waals surface area contributed by atoms with Gasteiger partial charge in [0.1, 0.15) is 11.6 Å². The van der Waals surface area contributed by atoms with E-state index in [9.17, 15) is 23.1 Å². The van der Waals surface area contributed by atoms with Gasteiger partial charge < -0.3 is 5.11 Å². The smallest absolute Gasteiger partial charge is 0.382 e. The molecule has 1 aliphatic rings. The first-order chi connectivity index (χ1) is 12.7. The average molecular weight is 443 g/mol. The molecule has 10 heteroatoms. The van der Waals surface area contributed by atoms with Gasteiger partial charge in [0.2, 0.25) is 0 Å². The SMILES string of the molecule is Cn1nc2c(=O)n(C3CC3)cnc2c1C(O)c1ccc(Br)c(C(F)(F)F)c1. The number of hydrogen-bond acceptors (Lipinski definition) is 4. The normalized spacial score (nSPS) is 16.1. The van der Waals surface area contributed by atoms with Gasteiger partial charge in [-0.05, 0) is 30.5 Å². The third-order valence-corrected chi connectivity index (χ3v) is 5.32. The Balaban J connectivity index is 1.84. The summed E-state index contributed by atoms with van der Waals surface area (Å²) >= 11 is 2.88. The molecule has 1 N–H and O–H groups in total. The molecule has 1 saturated carbocycles. The van der Waals surface area contributed by atoms with Crippen LogP contribution >= 0.6 is 15.9 Å². The van der Waals surface area contributed by atoms with Crippen molar-refractivity contribution < 1.29 is 18.3 Å². The predicted molar refractivity (Wildman–Crippen MR) is 94.2 cm³/mol. The number of fused-ring (bicyclic) bond motifs is 1. The molecule has 1 unspecified atom stereocenters. The Morgan fingerprint density at radius 3 is 2.63 bits per heavy atom. The minimum absolute atomic E-state index is 0.0311. The first-order valence-electron chi connectivity index (χ1n) is 8.17. The van der Waals surface area contributed by atoms with Gasteiger partial charge in [0.05, 0.1) is 17.6 Å². The Morgan fingerprint density at radius 1 is 1.30 bits per heavy atom. The van der Waals surface area contributed by atoms with Crippen LogP contribution in [0.4, 0.5) is 13.2 Å². The summed E-state index contributed by atoms with van der Waals surface area (Å²) in [5.74, 6) is 0. The molecular formula is C17H14BrF3N4O2. The number of aliphatic hydroxyl groups is 1. The summed E-state index contributed by atoms with van der Waals surface area (Å²) in [7, 11) is 1.52. The Kier molecular flexibility index (Phi) is 4.15. The van der Waals surface area contributed by atoms with Crippen molar-refractivity contribution >= 4 is 27.0 Å². The topological polar surface area (TPSA) is 72.9 Å². The van der Waals surface area contributed by atoms with Crippen molar-refractivity contribution in [1.82, 2.24) is 19.3 Å². The number of alkyl halides is 3. The quantitative estimate of drug-likeness (QED) is 0.675. The van der Waals surface area contributed by atoms with Gasteiger partial charge in [-0.15, -0.1) is 0 Å². The molecule has 3 aromatic rings. The monoisotopic (exact) mass is 442 g/mol. The third kappa shape index (κ3) is 3.06. The zero-order valence-electron chi connectivity index (χ0n) is 14.0. The highest BCUT2D eigenvalue weighted by molar-refractivity contribution is 9.10. The maximum Gasteiger partial charge on any atom is 0.417 e. The molecule has 0 saturated heterocycles. The highest BCUT2D eigenvalue weighted by atomic mass is 79.9. The number of aryl methyl sites for hydroxylation is 1. The van der Waals surface area contributed by atoms with E-state index in [2.05, 4.69) is 26.0 Å². The van der Waals surface area contributed by atoms with E-state index in [-0.39, 0.29) is 38.4 Å². The summed E-state index contributed by atoms with van der Waals surface area (Å²) in [5.41, 5.74) is -0.737. The summed E-state index contributed by atoms with van der Waals surface area (Å²) in [6.45, 7) is 0. The van der Waals surface area contributed by atoms with Gasteiger partial charge >= 0.3 is 6.18 Å². The molecule has 4 rings (SSSR count). The molecule has 1 fully saturated rings. The van der Waals surface area contributed by atoms with Gasteiger partial charge in [-0.3, -0.25) is 14.0 Å². The van der Waals surface area contributed by atoms with E-state index >= 15 is 0 Å². The zero-order valence-corrected chi connectivity index (χ0v) is 15.6. The summed E-state index contributed by atoms with van der Waals surface area (Å²) < 4.78 is 42.2. The number of nitrogens with zero attached hydrogens (tertiary/aromatic N) is 4. The van der Waals surface area contributed by atoms with Crippen LogP contribution in [0.3, 0.4) is 0 Å². The van der Waals surface area contributed by atoms with Crippen molar-refractivity contribution in [2.45, 2.75) is 31.2 Å². The highest BCUT2D eigenvalue weighted by Crippen LogP contribution is 2.38. The lowest BCUT2D eigenvalue weighted by atomic mass is 10.0. The molecule has 0 spiro atoms. The lowest BCUT2D eigenvalue weighted by molar-refractivity contribution is -0.138. The second-order valence-electron chi connectivity index (χ2n) is 6.53. The Labute approximate surface area is 159 Å². The second kappa shape index (κ2) is 6.16. The van der Waals surface area contributed by atoms with Crippen LogP contribution in [0, 0.1) is 0 Å². The lowest BCUT2D eigenvalue weighted by Crippen LogP contribution is -2.19. The van der Waals surface area contributed by atoms with E-state index < -0.39 is 17.8 Å². The van der Waals surface area contributed by atoms with Crippen molar-refractivity contribution in [1.29, 1.82) is 0 Å². The largest absolute Gasteiger partial charge is 0.417 e. The van der Waals surface area contributed by atoms with E-state index in [0.29, 0.717) is 0 Å². The second-order valence-corrected chi connectivity index (χ2v) is 7.39. The number of benzene rings is 1. The molecule has 0 bridgehead atoms. The third-order valence-electron chi connectivity index (χ3n) is 4.62. The van der Waals surface area contributed by atoms with Gasteiger partial charge in [0.25, 0.3) is 5.56 Å². The zero-order chi connectivity index (χ0) is 19.5. The molecule has 0 aliphatic heterocycles. The molecule has 1 aliphatic carbocycles. The first-order valence-corrected chi connectivity index (χ1v) is 8.96. The molecule has 2 aromatic heterocycles. The van der Waals surface area contributed by atoms with Crippen LogP contribution in [-0.2, 0) is 13.2 Å². The standard InChI is InChI=1S/C17H14BrF3N4O2/c1-24-14(12-13(23-24)16(27)25(7-22-12)9-3-4-9)15(26)8-2-5-11(18)10(6-8)17(19,20)21/h2,5-7,9,15,26H,3-4H2,1H3. The maximum absolute atomic E-state index is 13.2. The summed E-state index contributed by atoms with van der Waals surface area (Å²) in [6.07, 6.45) is -2.79. The molecule has 6 nitrogen and oxygen atoms in total. The molecular weight excluding hydrogens is 429 g/mol. The van der Waals surface area contributed by atoms with Crippen molar-refractivity contribution in [3.05, 3.63) is 56.2 Å². The lowest BCUT2D eigenvalue weighted by Gasteiger charge is -2.15. The fraction of sp³-hybridized carbons (Fsp3) is 0.353. The number of hydrogen-bond donors (Lipinski definition) is 1. The number of rotatable bonds is 3. The molecule has 0 amide bonds. The minimum Gasteiger partial charge on any atom is -0.382 e. The van der Waals surface area contributed by atoms with Gasteiger partial charge in [0.15, 0.2) is 5.52 Å². The van der Waals surface area contributed by atoms with Crippen LogP contribution in [0.25, 0.3) is 11.0 Å². The summed E-state index contributed by atoms with van der Waals surface area (Å²) in [6, 6.07) is 3.60. The number of aliphatic hydroxyl groups excluding tert-OH is 1. The van der Waals surface area contributed by atoms with Crippen LogP contribution in [0.15, 0.2) is 33.8 Å². The predicted octanol–water partition coefficient (Wildman–Crippen LogP) is 3.33. The van der Waals surface area contributed by atoms with Crippen LogP contribution in [-0.4, -0.2) is 24.4 Å². The van der Waals surface area contributed by atoms with Gasteiger partial charge in [-0.25, -0.2) is 4.98 Å². The molecule has 1 atom stereocenters. The van der Waals surface area contributed by atoms with E-state index in [1.807, 2.05) is 0 Å². The van der Waals surface area contributed by atoms with Crippen molar-refractivity contribution in [3.8, 4) is 0 Å². The van der Waals surface area contributed by atoms with Crippen LogP contribution < -0.4 is 5.56 Å². The molecule has 1 aromatic carbocycles. The maximum atomic E-state index is 13.2. The van der Waals surface area contributed by atoms with E-state index in [0.717, 1.165) is 18.9 Å². The molecule has 2 heterocycles. The van der Waals surface area contributed by atoms with Crippen LogP contribution in [0.5, 0.6) is 0 Å². The molecule has 27 heavy (non-hydrogen) atoms. The van der Waals surface area contributed by atoms with Crippen molar-refractivity contribution in [2.24, 2.45) is 7.05 Å². The minimum atomic E-state index is -4.57. The average Bonchev–Trinajstić information content (AvgIpc) is 3.36. The highest BCUT2D eigenvalue weighted by Gasteiger charge is 2.34. The summed E-state index contributed by atoms with van der Waals surface area (Å²) in [4.78, 5) is 16.8. The molecule has 0 radical (unpaired) electrons. The Morgan fingerprint density at radius 2 is 2.00 bits per heavy atom. The molecule has 142 valence electrons. The van der Waals surface area contributed by atoms with Gasteiger partial charge in [-0.1, -0.05) is 22.0 Å². The van der Waals surface area contributed by atoms with Gasteiger partial charge in [0, 0.05) is 17.6 Å². The number of halogens is 4. The number of aromatic nitrogens is 4. The van der Waals surface area contributed by atoms with Crippen molar-refractivity contribution in [3.63, 3.8) is 0 Å². The first kappa shape index (κ1) is 18.2. The Bertz CT molecular complexity index is 1100. The fourth-order valence-electron chi connectivity index (χ4n) is 3.10. The van der Waals surface area contributed by atoms with E-state index in [4.69, 9.17) is 0 Å². The Hall–Kier alpha value is -2.20. The van der Waals surface area contributed by atoms with E-state index in [1.165, 1.54) is 34.8 Å². The summed E-state index contributed by atoms with van der Waals surface area (Å²) in [5, 5.41) is 14.9. The van der Waals surface area contributed by atoms with Crippen molar-refractivity contribution in [2.75, 3.05) is 0 Å². The van der Waals surface area contributed by atoms with E-state index in [1.54, 1.807) is 0 Å². The fourth-order valence-corrected chi connectivity index (χ4v) is 3.57. The van der Waals surface area contributed by atoms with Crippen LogP contribution in [0.1, 0.15) is 41.8 Å².